The molecule has 0 saturated carbocycles. The number of halogens is 2. The lowest BCUT2D eigenvalue weighted by atomic mass is 10.1. The van der Waals surface area contributed by atoms with E-state index in [2.05, 4.69) is 40.4 Å². The van der Waals surface area contributed by atoms with Crippen molar-refractivity contribution in [1.82, 2.24) is 0 Å². The summed E-state index contributed by atoms with van der Waals surface area (Å²) in [6, 6.07) is 4.28. The van der Waals surface area contributed by atoms with Crippen molar-refractivity contribution in [2.75, 3.05) is 0 Å². The lowest BCUT2D eigenvalue weighted by Crippen LogP contribution is -1.84. The zero-order chi connectivity index (χ0) is 9.42. The van der Waals surface area contributed by atoms with Gasteiger partial charge in [0.2, 0.25) is 0 Å². The highest BCUT2D eigenvalue weighted by Gasteiger charge is 2.08. The van der Waals surface area contributed by atoms with Crippen molar-refractivity contribution in [2.45, 2.75) is 12.8 Å². The van der Waals surface area contributed by atoms with Crippen molar-refractivity contribution in [3.63, 3.8) is 0 Å². The van der Waals surface area contributed by atoms with Gasteiger partial charge in [0.05, 0.1) is 0 Å². The maximum Gasteiger partial charge on any atom is 0.0483 e. The zero-order valence-corrected chi connectivity index (χ0v) is 10.3. The molecule has 2 rings (SSSR count). The van der Waals surface area contributed by atoms with Crippen molar-refractivity contribution in [3.8, 4) is 0 Å². The van der Waals surface area contributed by atoms with Crippen molar-refractivity contribution in [1.29, 1.82) is 0 Å². The van der Waals surface area contributed by atoms with Crippen molar-refractivity contribution >= 4 is 49.0 Å². The second kappa shape index (κ2) is 3.60. The van der Waals surface area contributed by atoms with E-state index in [1.54, 1.807) is 11.3 Å². The van der Waals surface area contributed by atoms with E-state index in [1.165, 1.54) is 21.2 Å². The monoisotopic (exact) mass is 274 g/mol. The minimum atomic E-state index is 0.582. The summed E-state index contributed by atoms with van der Waals surface area (Å²) in [5.74, 6) is 0.582. The van der Waals surface area contributed by atoms with Crippen LogP contribution in [0.25, 0.3) is 10.1 Å². The lowest BCUT2D eigenvalue weighted by molar-refractivity contribution is 1.34. The van der Waals surface area contributed by atoms with Crippen molar-refractivity contribution in [3.05, 3.63) is 33.1 Å². The summed E-state index contributed by atoms with van der Waals surface area (Å²) in [4.78, 5) is 0. The molecule has 1 aromatic heterocycles. The van der Waals surface area contributed by atoms with Crippen molar-refractivity contribution < 1.29 is 0 Å². The third-order valence-corrected chi connectivity index (χ3v) is 4.31. The van der Waals surface area contributed by atoms with Crippen LogP contribution in [0.3, 0.4) is 0 Å². The number of fused-ring (bicyclic) bond motifs is 1. The number of rotatable bonds is 1. The van der Waals surface area contributed by atoms with Crippen LogP contribution in [0.2, 0.25) is 0 Å². The molecule has 0 nitrogen and oxygen atoms in total. The minimum Gasteiger partial charge on any atom is -0.143 e. The van der Waals surface area contributed by atoms with Crippen molar-refractivity contribution in [2.24, 2.45) is 0 Å². The van der Waals surface area contributed by atoms with Crippen LogP contribution in [0.4, 0.5) is 0 Å². The zero-order valence-electron chi connectivity index (χ0n) is 7.10. The molecular weight excluding hydrogens is 268 g/mol. The van der Waals surface area contributed by atoms with Gasteiger partial charge in [-0.1, -0.05) is 6.07 Å². The number of aryl methyl sites for hydroxylation is 1. The number of thiophene rings is 1. The molecule has 0 N–H and O–H groups in total. The molecule has 0 amide bonds. The molecule has 0 atom stereocenters. The first-order valence-electron chi connectivity index (χ1n) is 3.95. The summed E-state index contributed by atoms with van der Waals surface area (Å²) in [5, 5.41) is 3.39. The molecule has 13 heavy (non-hydrogen) atoms. The summed E-state index contributed by atoms with van der Waals surface area (Å²) < 4.78 is 2.46. The largest absolute Gasteiger partial charge is 0.143 e. The highest BCUT2D eigenvalue weighted by molar-refractivity contribution is 9.10. The Morgan fingerprint density at radius 2 is 2.23 bits per heavy atom. The molecule has 0 radical (unpaired) electrons. The van der Waals surface area contributed by atoms with E-state index in [0.29, 0.717) is 5.88 Å². The summed E-state index contributed by atoms with van der Waals surface area (Å²) in [7, 11) is 0. The first-order chi connectivity index (χ1) is 6.24. The average Bonchev–Trinajstić information content (AvgIpc) is 2.49. The molecule has 3 heteroatoms. The molecule has 2 aromatic rings. The Morgan fingerprint density at radius 3 is 2.92 bits per heavy atom. The number of benzene rings is 1. The molecule has 1 heterocycles. The Hall–Kier alpha value is -0.0500. The van der Waals surface area contributed by atoms with Crippen LogP contribution < -0.4 is 0 Å². The highest BCUT2D eigenvalue weighted by atomic mass is 79.9. The number of hydrogen-bond donors (Lipinski definition) is 0. The van der Waals surface area contributed by atoms with E-state index in [-0.39, 0.29) is 0 Å². The molecule has 1 aromatic carbocycles. The van der Waals surface area contributed by atoms with Gasteiger partial charge in [-0.25, -0.2) is 0 Å². The van der Waals surface area contributed by atoms with Gasteiger partial charge in [-0.15, -0.1) is 22.9 Å². The molecule has 0 saturated heterocycles. The van der Waals surface area contributed by atoms with E-state index >= 15 is 0 Å². The Kier molecular flexibility index (Phi) is 2.63. The Bertz CT molecular complexity index is 447. The number of alkyl halides is 1. The minimum absolute atomic E-state index is 0.582. The van der Waals surface area contributed by atoms with Crippen LogP contribution in [0.5, 0.6) is 0 Å². The maximum atomic E-state index is 5.92. The standard InChI is InChI=1S/C10H8BrClS/c1-6-2-3-9-10(7(6)4-12)8(11)5-13-9/h2-3,5H,4H2,1H3. The summed E-state index contributed by atoms with van der Waals surface area (Å²) in [6.45, 7) is 2.10. The molecule has 68 valence electrons. The number of hydrogen-bond acceptors (Lipinski definition) is 1. The van der Waals surface area contributed by atoms with E-state index in [4.69, 9.17) is 11.6 Å². The SMILES string of the molecule is Cc1ccc2scc(Br)c2c1CCl. The molecule has 0 bridgehead atoms. The predicted octanol–water partition coefficient (Wildman–Crippen LogP) is 4.71. The van der Waals surface area contributed by atoms with Gasteiger partial charge in [-0.2, -0.15) is 0 Å². The van der Waals surface area contributed by atoms with Gasteiger partial charge in [-0.05, 0) is 40.0 Å². The Labute approximate surface area is 94.7 Å². The maximum absolute atomic E-state index is 5.92. The summed E-state index contributed by atoms with van der Waals surface area (Å²) in [6.07, 6.45) is 0. The molecule has 0 aliphatic carbocycles. The van der Waals surface area contributed by atoms with Crippen LogP contribution in [-0.4, -0.2) is 0 Å². The topological polar surface area (TPSA) is 0 Å². The van der Waals surface area contributed by atoms with Gasteiger partial charge in [-0.3, -0.25) is 0 Å². The molecular formula is C10H8BrClS. The van der Waals surface area contributed by atoms with Crippen LogP contribution in [0.15, 0.2) is 22.0 Å². The van der Waals surface area contributed by atoms with E-state index < -0.39 is 0 Å². The fraction of sp³-hybridized carbons (Fsp3) is 0.200. The van der Waals surface area contributed by atoms with Gasteiger partial charge in [0.15, 0.2) is 0 Å². The Balaban J connectivity index is 2.88. The molecule has 0 aliphatic heterocycles. The normalized spacial score (nSPS) is 11.0. The lowest BCUT2D eigenvalue weighted by Gasteiger charge is -2.03. The van der Waals surface area contributed by atoms with Crippen LogP contribution in [0, 0.1) is 6.92 Å². The van der Waals surface area contributed by atoms with Crippen LogP contribution >= 0.6 is 38.9 Å². The first kappa shape index (κ1) is 9.50. The van der Waals surface area contributed by atoms with Gasteiger partial charge in [0.1, 0.15) is 0 Å². The summed E-state index contributed by atoms with van der Waals surface area (Å²) in [5.41, 5.74) is 2.51. The molecule has 0 fully saturated rings. The second-order valence-electron chi connectivity index (χ2n) is 2.95. The third kappa shape index (κ3) is 1.51. The first-order valence-corrected chi connectivity index (χ1v) is 6.16. The highest BCUT2D eigenvalue weighted by Crippen LogP contribution is 2.35. The van der Waals surface area contributed by atoms with Gasteiger partial charge < -0.3 is 0 Å². The van der Waals surface area contributed by atoms with E-state index in [9.17, 15) is 0 Å². The third-order valence-electron chi connectivity index (χ3n) is 2.17. The fourth-order valence-corrected chi connectivity index (χ4v) is 3.49. The predicted molar refractivity (Wildman–Crippen MR) is 63.8 cm³/mol. The molecule has 0 unspecified atom stereocenters. The smallest absolute Gasteiger partial charge is 0.0483 e. The molecule has 0 spiro atoms. The summed E-state index contributed by atoms with van der Waals surface area (Å²) >= 11 is 11.2. The van der Waals surface area contributed by atoms with Gasteiger partial charge in [0.25, 0.3) is 0 Å². The molecule has 0 aliphatic rings. The Morgan fingerprint density at radius 1 is 1.46 bits per heavy atom. The second-order valence-corrected chi connectivity index (χ2v) is 4.98. The van der Waals surface area contributed by atoms with E-state index in [0.717, 1.165) is 4.47 Å². The quantitative estimate of drug-likeness (QED) is 0.661. The van der Waals surface area contributed by atoms with Crippen LogP contribution in [0.1, 0.15) is 11.1 Å². The van der Waals surface area contributed by atoms with Gasteiger partial charge >= 0.3 is 0 Å². The van der Waals surface area contributed by atoms with E-state index in [1.807, 2.05) is 0 Å². The fourth-order valence-electron chi connectivity index (χ4n) is 1.44. The average molecular weight is 276 g/mol. The van der Waals surface area contributed by atoms with Gasteiger partial charge in [0, 0.05) is 25.8 Å². The van der Waals surface area contributed by atoms with Crippen LogP contribution in [-0.2, 0) is 5.88 Å².